The van der Waals surface area contributed by atoms with Gasteiger partial charge in [-0.05, 0) is 42.5 Å². The molecule has 0 atom stereocenters. The van der Waals surface area contributed by atoms with Crippen molar-refractivity contribution in [2.75, 3.05) is 19.5 Å². The van der Waals surface area contributed by atoms with Crippen molar-refractivity contribution >= 4 is 44.8 Å². The van der Waals surface area contributed by atoms with Crippen LogP contribution in [0.25, 0.3) is 10.1 Å². The third-order valence-corrected chi connectivity index (χ3v) is 5.86. The fourth-order valence-corrected chi connectivity index (χ4v) is 4.45. The highest BCUT2D eigenvalue weighted by molar-refractivity contribution is 8.01. The molecule has 0 bridgehead atoms. The van der Waals surface area contributed by atoms with E-state index in [9.17, 15) is 4.79 Å². The minimum absolute atomic E-state index is 0.00807. The Labute approximate surface area is 164 Å². The summed E-state index contributed by atoms with van der Waals surface area (Å²) in [6, 6.07) is 14.3. The van der Waals surface area contributed by atoms with Crippen LogP contribution >= 0.6 is 34.7 Å². The molecule has 0 radical (unpaired) electrons. The smallest absolute Gasteiger partial charge is 0.189 e. The predicted octanol–water partition coefficient (Wildman–Crippen LogP) is 5.10. The molecule has 0 spiro atoms. The summed E-state index contributed by atoms with van der Waals surface area (Å²) in [5.74, 6) is 8.15. The zero-order chi connectivity index (χ0) is 18.4. The van der Waals surface area contributed by atoms with Gasteiger partial charge in [-0.15, -0.1) is 23.1 Å². The van der Waals surface area contributed by atoms with Gasteiger partial charge in [0.05, 0.1) is 17.1 Å². The number of halogens is 1. The molecule has 3 rings (SSSR count). The Kier molecular flexibility index (Phi) is 6.45. The maximum atomic E-state index is 12.1. The molecule has 0 amide bonds. The van der Waals surface area contributed by atoms with Gasteiger partial charge >= 0.3 is 0 Å². The number of methoxy groups -OCH3 is 1. The zero-order valence-corrected chi connectivity index (χ0v) is 16.3. The van der Waals surface area contributed by atoms with Crippen LogP contribution in [-0.2, 0) is 0 Å². The van der Waals surface area contributed by atoms with Crippen molar-refractivity contribution in [3.8, 4) is 23.3 Å². The normalized spacial score (nSPS) is 10.2. The summed E-state index contributed by atoms with van der Waals surface area (Å²) < 4.78 is 12.5. The molecule has 0 unspecified atom stereocenters. The second-order valence-electron chi connectivity index (χ2n) is 5.18. The van der Waals surface area contributed by atoms with Crippen LogP contribution in [-0.4, -0.2) is 19.5 Å². The maximum Gasteiger partial charge on any atom is 0.189 e. The standard InChI is InChI=1S/C20H15ClO3S2/c1-23-15-5-7-16(8-6-15)24-10-2-3-11-25-20-13-18(22)17-9-4-14(21)12-19(17)26-20/h4-9,12-13H,10-11H2,1H3. The van der Waals surface area contributed by atoms with Gasteiger partial charge in [0, 0.05) is 21.2 Å². The van der Waals surface area contributed by atoms with Crippen LogP contribution in [0.2, 0.25) is 5.02 Å². The average Bonchev–Trinajstić information content (AvgIpc) is 2.64. The highest BCUT2D eigenvalue weighted by Crippen LogP contribution is 2.28. The van der Waals surface area contributed by atoms with Crippen molar-refractivity contribution in [2.45, 2.75) is 4.21 Å². The fraction of sp³-hybridized carbons (Fsp3) is 0.150. The van der Waals surface area contributed by atoms with Crippen LogP contribution in [0.15, 0.2) is 57.5 Å². The number of hydrogen-bond donors (Lipinski definition) is 0. The van der Waals surface area contributed by atoms with Crippen LogP contribution in [0.4, 0.5) is 0 Å². The Hall–Kier alpha value is -2.13. The Morgan fingerprint density at radius 1 is 1.08 bits per heavy atom. The van der Waals surface area contributed by atoms with Crippen LogP contribution in [0, 0.1) is 11.8 Å². The van der Waals surface area contributed by atoms with E-state index in [0.717, 1.165) is 20.4 Å². The second-order valence-corrected chi connectivity index (χ2v) is 7.97. The van der Waals surface area contributed by atoms with Crippen molar-refractivity contribution in [2.24, 2.45) is 0 Å². The number of hydrogen-bond acceptors (Lipinski definition) is 5. The Morgan fingerprint density at radius 3 is 2.62 bits per heavy atom. The summed E-state index contributed by atoms with van der Waals surface area (Å²) in [7, 11) is 1.62. The van der Waals surface area contributed by atoms with E-state index in [2.05, 4.69) is 11.8 Å². The fourth-order valence-electron chi connectivity index (χ4n) is 2.18. The van der Waals surface area contributed by atoms with Gasteiger partial charge in [-0.2, -0.15) is 0 Å². The molecule has 26 heavy (non-hydrogen) atoms. The number of benzene rings is 2. The molecule has 0 saturated carbocycles. The van der Waals surface area contributed by atoms with Crippen LogP contribution in [0.3, 0.4) is 0 Å². The molecule has 0 aliphatic rings. The molecule has 132 valence electrons. The quantitative estimate of drug-likeness (QED) is 0.439. The van der Waals surface area contributed by atoms with Crippen molar-refractivity contribution in [3.05, 3.63) is 63.8 Å². The minimum atomic E-state index is 0.00807. The molecule has 2 aromatic carbocycles. The lowest BCUT2D eigenvalue weighted by Crippen LogP contribution is -1.98. The van der Waals surface area contributed by atoms with E-state index in [1.54, 1.807) is 36.6 Å². The molecular weight excluding hydrogens is 388 g/mol. The van der Waals surface area contributed by atoms with Crippen LogP contribution in [0.1, 0.15) is 0 Å². The average molecular weight is 403 g/mol. The molecular formula is C20H15ClO3S2. The van der Waals surface area contributed by atoms with Crippen LogP contribution < -0.4 is 14.9 Å². The van der Waals surface area contributed by atoms with Crippen LogP contribution in [0.5, 0.6) is 11.5 Å². The molecule has 0 aliphatic heterocycles. The number of rotatable bonds is 5. The lowest BCUT2D eigenvalue weighted by atomic mass is 10.2. The van der Waals surface area contributed by atoms with Gasteiger partial charge < -0.3 is 9.47 Å². The first-order valence-corrected chi connectivity index (χ1v) is 9.92. The van der Waals surface area contributed by atoms with E-state index in [1.807, 2.05) is 30.3 Å². The van der Waals surface area contributed by atoms with Gasteiger partial charge in [0.25, 0.3) is 0 Å². The molecule has 3 nitrogen and oxygen atoms in total. The Balaban J connectivity index is 1.54. The van der Waals surface area contributed by atoms with E-state index in [0.29, 0.717) is 22.8 Å². The Morgan fingerprint density at radius 2 is 1.85 bits per heavy atom. The molecule has 6 heteroatoms. The molecule has 0 fully saturated rings. The SMILES string of the molecule is COc1ccc(OCC#CCSc2cc(=O)c3ccc(Cl)cc3s2)cc1. The highest BCUT2D eigenvalue weighted by Gasteiger charge is 2.04. The molecule has 0 saturated heterocycles. The zero-order valence-electron chi connectivity index (χ0n) is 14.0. The first kappa shape index (κ1) is 18.7. The first-order valence-electron chi connectivity index (χ1n) is 7.74. The van der Waals surface area contributed by atoms with Gasteiger partial charge in [-0.25, -0.2) is 0 Å². The van der Waals surface area contributed by atoms with Crippen molar-refractivity contribution in [1.29, 1.82) is 0 Å². The number of ether oxygens (including phenoxy) is 2. The summed E-state index contributed by atoms with van der Waals surface area (Å²) in [6.07, 6.45) is 0. The molecule has 1 heterocycles. The Bertz CT molecular complexity index is 1020. The monoisotopic (exact) mass is 402 g/mol. The lowest BCUT2D eigenvalue weighted by molar-refractivity contribution is 0.368. The van der Waals surface area contributed by atoms with E-state index < -0.39 is 0 Å². The van der Waals surface area contributed by atoms with E-state index >= 15 is 0 Å². The topological polar surface area (TPSA) is 35.5 Å². The summed E-state index contributed by atoms with van der Waals surface area (Å²) in [4.78, 5) is 12.1. The van der Waals surface area contributed by atoms with Gasteiger partial charge in [0.1, 0.15) is 18.1 Å². The number of fused-ring (bicyclic) bond motifs is 1. The van der Waals surface area contributed by atoms with Crippen molar-refractivity contribution in [1.82, 2.24) is 0 Å². The predicted molar refractivity (Wildman–Crippen MR) is 110 cm³/mol. The van der Waals surface area contributed by atoms with Crippen molar-refractivity contribution < 1.29 is 9.47 Å². The molecule has 1 aromatic heterocycles. The lowest BCUT2D eigenvalue weighted by Gasteiger charge is -2.03. The summed E-state index contributed by atoms with van der Waals surface area (Å²) in [6.45, 7) is 0.316. The van der Waals surface area contributed by atoms with E-state index in [4.69, 9.17) is 21.1 Å². The van der Waals surface area contributed by atoms with E-state index in [1.165, 1.54) is 11.8 Å². The van der Waals surface area contributed by atoms with Gasteiger partial charge in [0.15, 0.2) is 5.43 Å². The summed E-state index contributed by atoms with van der Waals surface area (Å²) >= 11 is 9.09. The summed E-state index contributed by atoms with van der Waals surface area (Å²) in [5, 5.41) is 1.33. The minimum Gasteiger partial charge on any atom is -0.497 e. The third-order valence-electron chi connectivity index (χ3n) is 3.45. The third kappa shape index (κ3) is 4.95. The molecule has 3 aromatic rings. The van der Waals surface area contributed by atoms with E-state index in [-0.39, 0.29) is 5.43 Å². The molecule has 0 N–H and O–H groups in total. The largest absolute Gasteiger partial charge is 0.497 e. The van der Waals surface area contributed by atoms with Gasteiger partial charge in [0.2, 0.25) is 0 Å². The van der Waals surface area contributed by atoms with Gasteiger partial charge in [-0.3, -0.25) is 4.79 Å². The first-order chi connectivity index (χ1) is 12.7. The summed E-state index contributed by atoms with van der Waals surface area (Å²) in [5.41, 5.74) is 0.00807. The molecule has 0 aliphatic carbocycles. The number of thioether (sulfide) groups is 1. The van der Waals surface area contributed by atoms with Crippen molar-refractivity contribution in [3.63, 3.8) is 0 Å². The maximum absolute atomic E-state index is 12.1. The second kappa shape index (κ2) is 9.00. The van der Waals surface area contributed by atoms with Gasteiger partial charge in [-0.1, -0.05) is 23.4 Å². The highest BCUT2D eigenvalue weighted by atomic mass is 35.5.